The Kier molecular flexibility index (Phi) is 9.94. The number of ether oxygens (including phenoxy) is 1. The molecule has 6 heteroatoms. The van der Waals surface area contributed by atoms with E-state index in [1.807, 2.05) is 13.8 Å². The SMILES string of the molecule is CCCCCC(C)(NCCCN=[N+]=[N-])C(=O)OCC. The van der Waals surface area contributed by atoms with E-state index >= 15 is 0 Å². The molecule has 0 aromatic rings. The number of nitrogens with one attached hydrogen (secondary N) is 1. The summed E-state index contributed by atoms with van der Waals surface area (Å²) in [6.07, 6.45) is 4.70. The average Bonchev–Trinajstić information content (AvgIpc) is 2.39. The van der Waals surface area contributed by atoms with Gasteiger partial charge in [-0.1, -0.05) is 31.3 Å². The van der Waals surface area contributed by atoms with Crippen LogP contribution in [0.1, 0.15) is 52.9 Å². The maximum Gasteiger partial charge on any atom is 0.326 e. The molecule has 0 heterocycles. The van der Waals surface area contributed by atoms with Crippen LogP contribution < -0.4 is 5.32 Å². The fraction of sp³-hybridized carbons (Fsp3) is 0.923. The zero-order valence-corrected chi connectivity index (χ0v) is 12.3. The molecule has 1 atom stereocenters. The lowest BCUT2D eigenvalue weighted by atomic mass is 9.94. The Balaban J connectivity index is 4.30. The molecule has 0 fully saturated rings. The third-order valence-electron chi connectivity index (χ3n) is 3.02. The normalized spacial score (nSPS) is 13.4. The summed E-state index contributed by atoms with van der Waals surface area (Å²) < 4.78 is 5.13. The predicted molar refractivity (Wildman–Crippen MR) is 75.8 cm³/mol. The second kappa shape index (κ2) is 10.6. The number of nitrogens with zero attached hydrogens (tertiary/aromatic N) is 3. The molecule has 110 valence electrons. The molecular formula is C13H26N4O2. The lowest BCUT2D eigenvalue weighted by molar-refractivity contribution is -0.150. The minimum atomic E-state index is -0.637. The van der Waals surface area contributed by atoms with Gasteiger partial charge in [-0.2, -0.15) is 0 Å². The molecule has 6 nitrogen and oxygen atoms in total. The van der Waals surface area contributed by atoms with Crippen molar-refractivity contribution in [3.05, 3.63) is 10.4 Å². The number of rotatable bonds is 11. The van der Waals surface area contributed by atoms with Gasteiger partial charge in [-0.15, -0.1) is 0 Å². The van der Waals surface area contributed by atoms with Gasteiger partial charge in [0.05, 0.1) is 6.61 Å². The third kappa shape index (κ3) is 7.70. The Labute approximate surface area is 115 Å². The molecular weight excluding hydrogens is 244 g/mol. The molecule has 0 aromatic heterocycles. The van der Waals surface area contributed by atoms with Crippen molar-refractivity contribution in [2.45, 2.75) is 58.4 Å². The molecule has 19 heavy (non-hydrogen) atoms. The van der Waals surface area contributed by atoms with Gasteiger partial charge < -0.3 is 10.1 Å². The molecule has 0 aromatic carbocycles. The zero-order chi connectivity index (χ0) is 14.6. The maximum atomic E-state index is 12.0. The Morgan fingerprint density at radius 1 is 1.37 bits per heavy atom. The van der Waals surface area contributed by atoms with E-state index in [-0.39, 0.29) is 5.97 Å². The third-order valence-corrected chi connectivity index (χ3v) is 3.02. The molecule has 0 aliphatic heterocycles. The lowest BCUT2D eigenvalue weighted by Crippen LogP contribution is -2.51. The summed E-state index contributed by atoms with van der Waals surface area (Å²) in [6, 6.07) is 0. The van der Waals surface area contributed by atoms with Gasteiger partial charge in [0.1, 0.15) is 5.54 Å². The smallest absolute Gasteiger partial charge is 0.326 e. The molecule has 1 N–H and O–H groups in total. The Morgan fingerprint density at radius 2 is 2.11 bits per heavy atom. The van der Waals surface area contributed by atoms with Gasteiger partial charge >= 0.3 is 5.97 Å². The number of carbonyl (C=O) groups is 1. The van der Waals surface area contributed by atoms with Crippen LogP contribution in [0.5, 0.6) is 0 Å². The minimum absolute atomic E-state index is 0.199. The summed E-state index contributed by atoms with van der Waals surface area (Å²) >= 11 is 0. The molecule has 0 bridgehead atoms. The molecule has 0 amide bonds. The Bertz CT molecular complexity index is 303. The number of hydrogen-bond donors (Lipinski definition) is 1. The van der Waals surface area contributed by atoms with Gasteiger partial charge in [0.2, 0.25) is 0 Å². The van der Waals surface area contributed by atoms with Gasteiger partial charge in [-0.25, -0.2) is 0 Å². The molecule has 0 radical (unpaired) electrons. The number of esters is 1. The van der Waals surface area contributed by atoms with E-state index in [0.29, 0.717) is 26.1 Å². The molecule has 0 saturated carbocycles. The van der Waals surface area contributed by atoms with E-state index in [0.717, 1.165) is 25.7 Å². The first-order chi connectivity index (χ1) is 9.10. The van der Waals surface area contributed by atoms with Crippen LogP contribution in [0.4, 0.5) is 0 Å². The standard InChI is InChI=1S/C13H26N4O2/c1-4-6-7-9-13(3,12(18)19-5-2)15-10-8-11-16-17-14/h15H,4-11H2,1-3H3. The van der Waals surface area contributed by atoms with Crippen LogP contribution in [0.25, 0.3) is 10.4 Å². The van der Waals surface area contributed by atoms with Gasteiger partial charge in [-0.05, 0) is 38.8 Å². The number of azide groups is 1. The van der Waals surface area contributed by atoms with Gasteiger partial charge in [0.25, 0.3) is 0 Å². The van der Waals surface area contributed by atoms with E-state index < -0.39 is 5.54 Å². The monoisotopic (exact) mass is 270 g/mol. The number of unbranched alkanes of at least 4 members (excludes halogenated alkanes) is 2. The number of hydrogen-bond acceptors (Lipinski definition) is 4. The van der Waals surface area contributed by atoms with Crippen molar-refractivity contribution in [3.8, 4) is 0 Å². The van der Waals surface area contributed by atoms with Crippen molar-refractivity contribution >= 4 is 5.97 Å². The highest BCUT2D eigenvalue weighted by Crippen LogP contribution is 2.17. The van der Waals surface area contributed by atoms with E-state index in [9.17, 15) is 4.79 Å². The Morgan fingerprint density at radius 3 is 2.68 bits per heavy atom. The highest BCUT2D eigenvalue weighted by atomic mass is 16.5. The van der Waals surface area contributed by atoms with E-state index in [1.54, 1.807) is 0 Å². The molecule has 1 unspecified atom stereocenters. The van der Waals surface area contributed by atoms with Crippen LogP contribution in [-0.2, 0) is 9.53 Å². The zero-order valence-electron chi connectivity index (χ0n) is 12.3. The number of carbonyl (C=O) groups excluding carboxylic acids is 1. The van der Waals surface area contributed by atoms with Crippen LogP contribution in [0.3, 0.4) is 0 Å². The minimum Gasteiger partial charge on any atom is -0.465 e. The van der Waals surface area contributed by atoms with Crippen molar-refractivity contribution in [2.24, 2.45) is 5.11 Å². The van der Waals surface area contributed by atoms with E-state index in [1.165, 1.54) is 0 Å². The average molecular weight is 270 g/mol. The summed E-state index contributed by atoms with van der Waals surface area (Å²) in [7, 11) is 0. The van der Waals surface area contributed by atoms with Crippen molar-refractivity contribution < 1.29 is 9.53 Å². The summed E-state index contributed by atoms with van der Waals surface area (Å²) in [4.78, 5) is 14.7. The second-order valence-electron chi connectivity index (χ2n) is 4.74. The fourth-order valence-electron chi connectivity index (χ4n) is 1.84. The molecule has 0 saturated heterocycles. The highest BCUT2D eigenvalue weighted by Gasteiger charge is 2.33. The van der Waals surface area contributed by atoms with E-state index in [2.05, 4.69) is 22.3 Å². The van der Waals surface area contributed by atoms with Crippen LogP contribution >= 0.6 is 0 Å². The van der Waals surface area contributed by atoms with Crippen LogP contribution in [0.2, 0.25) is 0 Å². The summed E-state index contributed by atoms with van der Waals surface area (Å²) in [6.45, 7) is 7.30. The molecule has 0 aliphatic rings. The lowest BCUT2D eigenvalue weighted by Gasteiger charge is -2.28. The van der Waals surface area contributed by atoms with Crippen LogP contribution in [0.15, 0.2) is 5.11 Å². The van der Waals surface area contributed by atoms with Crippen LogP contribution in [0, 0.1) is 0 Å². The van der Waals surface area contributed by atoms with E-state index in [4.69, 9.17) is 10.3 Å². The summed E-state index contributed by atoms with van der Waals surface area (Å²) in [5.41, 5.74) is 7.55. The van der Waals surface area contributed by atoms with Crippen LogP contribution in [-0.4, -0.2) is 31.2 Å². The second-order valence-corrected chi connectivity index (χ2v) is 4.74. The van der Waals surface area contributed by atoms with Crippen molar-refractivity contribution in [1.29, 1.82) is 0 Å². The Hall–Kier alpha value is -1.26. The molecule has 0 rings (SSSR count). The first kappa shape index (κ1) is 17.7. The first-order valence-electron chi connectivity index (χ1n) is 7.03. The summed E-state index contributed by atoms with van der Waals surface area (Å²) in [5.74, 6) is -0.199. The van der Waals surface area contributed by atoms with Crippen molar-refractivity contribution in [2.75, 3.05) is 19.7 Å². The maximum absolute atomic E-state index is 12.0. The van der Waals surface area contributed by atoms with Gasteiger partial charge in [0, 0.05) is 11.5 Å². The largest absolute Gasteiger partial charge is 0.465 e. The topological polar surface area (TPSA) is 87.1 Å². The van der Waals surface area contributed by atoms with Crippen molar-refractivity contribution in [3.63, 3.8) is 0 Å². The van der Waals surface area contributed by atoms with Gasteiger partial charge in [-0.3, -0.25) is 4.79 Å². The fourth-order valence-corrected chi connectivity index (χ4v) is 1.84. The highest BCUT2D eigenvalue weighted by molar-refractivity contribution is 5.80. The first-order valence-corrected chi connectivity index (χ1v) is 7.03. The van der Waals surface area contributed by atoms with Crippen molar-refractivity contribution in [1.82, 2.24) is 5.32 Å². The summed E-state index contributed by atoms with van der Waals surface area (Å²) in [5, 5.41) is 6.71. The molecule has 0 aliphatic carbocycles. The molecule has 0 spiro atoms. The van der Waals surface area contributed by atoms with Gasteiger partial charge in [0.15, 0.2) is 0 Å². The predicted octanol–water partition coefficient (Wildman–Crippen LogP) is 3.18. The quantitative estimate of drug-likeness (QED) is 0.206.